The predicted octanol–water partition coefficient (Wildman–Crippen LogP) is 2.73. The highest BCUT2D eigenvalue weighted by atomic mass is 35.5. The van der Waals surface area contributed by atoms with Crippen LogP contribution in [0, 0.1) is 0 Å². The van der Waals surface area contributed by atoms with E-state index in [9.17, 15) is 4.79 Å². The van der Waals surface area contributed by atoms with Gasteiger partial charge in [0.25, 0.3) is 0 Å². The zero-order valence-electron chi connectivity index (χ0n) is 11.5. The summed E-state index contributed by atoms with van der Waals surface area (Å²) in [7, 11) is 0. The lowest BCUT2D eigenvalue weighted by molar-refractivity contribution is -0.114. The van der Waals surface area contributed by atoms with E-state index < -0.39 is 0 Å². The van der Waals surface area contributed by atoms with Gasteiger partial charge in [-0.25, -0.2) is 15.0 Å². The van der Waals surface area contributed by atoms with E-state index in [0.29, 0.717) is 16.7 Å². The molecule has 7 heteroatoms. The molecule has 0 aliphatic rings. The summed E-state index contributed by atoms with van der Waals surface area (Å²) in [6, 6.07) is 10.6. The van der Waals surface area contributed by atoms with Crippen LogP contribution in [0.2, 0.25) is 5.02 Å². The van der Waals surface area contributed by atoms with Gasteiger partial charge in [0, 0.05) is 16.6 Å². The molecule has 0 aliphatic carbocycles. The SMILES string of the molecule is O=C(CNc1ncnc2cc(Cl)ccc12)Nc1ccccn1. The van der Waals surface area contributed by atoms with Crippen LogP contribution >= 0.6 is 11.6 Å². The first-order chi connectivity index (χ1) is 10.7. The quantitative estimate of drug-likeness (QED) is 0.774. The van der Waals surface area contributed by atoms with Crippen molar-refractivity contribution in [2.75, 3.05) is 17.2 Å². The fraction of sp³-hybridized carbons (Fsp3) is 0.0667. The van der Waals surface area contributed by atoms with Crippen molar-refractivity contribution in [2.45, 2.75) is 0 Å². The summed E-state index contributed by atoms with van der Waals surface area (Å²) in [6.07, 6.45) is 3.04. The molecule has 2 N–H and O–H groups in total. The number of halogens is 1. The minimum absolute atomic E-state index is 0.0747. The molecule has 0 fully saturated rings. The molecular weight excluding hydrogens is 302 g/mol. The second kappa shape index (κ2) is 6.36. The highest BCUT2D eigenvalue weighted by Crippen LogP contribution is 2.22. The molecule has 22 heavy (non-hydrogen) atoms. The van der Waals surface area contributed by atoms with Gasteiger partial charge in [-0.2, -0.15) is 0 Å². The van der Waals surface area contributed by atoms with Gasteiger partial charge in [0.1, 0.15) is 18.0 Å². The van der Waals surface area contributed by atoms with Crippen LogP contribution < -0.4 is 10.6 Å². The van der Waals surface area contributed by atoms with Crippen molar-refractivity contribution in [1.82, 2.24) is 15.0 Å². The Morgan fingerprint density at radius 3 is 2.86 bits per heavy atom. The number of nitrogens with zero attached hydrogens (tertiary/aromatic N) is 3. The monoisotopic (exact) mass is 313 g/mol. The normalized spacial score (nSPS) is 10.4. The summed E-state index contributed by atoms with van der Waals surface area (Å²) in [5.41, 5.74) is 0.718. The highest BCUT2D eigenvalue weighted by Gasteiger charge is 2.07. The minimum atomic E-state index is -0.209. The van der Waals surface area contributed by atoms with Crippen molar-refractivity contribution in [2.24, 2.45) is 0 Å². The van der Waals surface area contributed by atoms with Crippen molar-refractivity contribution in [3.05, 3.63) is 53.9 Å². The van der Waals surface area contributed by atoms with E-state index >= 15 is 0 Å². The van der Waals surface area contributed by atoms with Gasteiger partial charge in [0.05, 0.1) is 12.1 Å². The molecule has 2 heterocycles. The van der Waals surface area contributed by atoms with Crippen LogP contribution in [0.3, 0.4) is 0 Å². The first kappa shape index (κ1) is 14.2. The van der Waals surface area contributed by atoms with Crippen molar-refractivity contribution in [3.8, 4) is 0 Å². The lowest BCUT2D eigenvalue weighted by Crippen LogP contribution is -2.22. The molecule has 0 aliphatic heterocycles. The van der Waals surface area contributed by atoms with Crippen LogP contribution in [-0.2, 0) is 4.79 Å². The Kier molecular flexibility index (Phi) is 4.11. The maximum Gasteiger partial charge on any atom is 0.244 e. The third-order valence-corrected chi connectivity index (χ3v) is 3.18. The summed E-state index contributed by atoms with van der Waals surface area (Å²) < 4.78 is 0. The zero-order valence-corrected chi connectivity index (χ0v) is 12.2. The maximum absolute atomic E-state index is 11.9. The predicted molar refractivity (Wildman–Crippen MR) is 85.9 cm³/mol. The molecule has 0 saturated heterocycles. The van der Waals surface area contributed by atoms with Crippen LogP contribution in [-0.4, -0.2) is 27.4 Å². The number of aromatic nitrogens is 3. The topological polar surface area (TPSA) is 79.8 Å². The Bertz CT molecular complexity index is 809. The smallest absolute Gasteiger partial charge is 0.244 e. The first-order valence-corrected chi connectivity index (χ1v) is 6.95. The number of rotatable bonds is 4. The number of nitrogens with one attached hydrogen (secondary N) is 2. The fourth-order valence-electron chi connectivity index (χ4n) is 1.96. The number of pyridine rings is 1. The fourth-order valence-corrected chi connectivity index (χ4v) is 2.13. The minimum Gasteiger partial charge on any atom is -0.360 e. The van der Waals surface area contributed by atoms with E-state index in [1.165, 1.54) is 6.33 Å². The molecule has 0 radical (unpaired) electrons. The molecule has 3 aromatic rings. The Morgan fingerprint density at radius 1 is 1.14 bits per heavy atom. The molecule has 2 aromatic heterocycles. The van der Waals surface area contributed by atoms with Gasteiger partial charge in [-0.15, -0.1) is 0 Å². The van der Waals surface area contributed by atoms with E-state index in [1.54, 1.807) is 36.5 Å². The molecule has 3 rings (SSSR count). The maximum atomic E-state index is 11.9. The van der Waals surface area contributed by atoms with E-state index in [2.05, 4.69) is 25.6 Å². The number of anilines is 2. The van der Waals surface area contributed by atoms with Gasteiger partial charge in [0.2, 0.25) is 5.91 Å². The second-order valence-electron chi connectivity index (χ2n) is 4.50. The average molecular weight is 314 g/mol. The van der Waals surface area contributed by atoms with Gasteiger partial charge in [-0.05, 0) is 30.3 Å². The summed E-state index contributed by atoms with van der Waals surface area (Å²) in [4.78, 5) is 24.2. The number of hydrogen-bond donors (Lipinski definition) is 2. The Balaban J connectivity index is 1.70. The number of carbonyl (C=O) groups is 1. The van der Waals surface area contributed by atoms with Crippen LogP contribution in [0.4, 0.5) is 11.6 Å². The van der Waals surface area contributed by atoms with Crippen molar-refractivity contribution >= 4 is 40.0 Å². The Labute approximate surface area is 131 Å². The molecule has 0 unspecified atom stereocenters. The summed E-state index contributed by atoms with van der Waals surface area (Å²) in [5.74, 6) is 0.880. The third-order valence-electron chi connectivity index (χ3n) is 2.95. The molecule has 110 valence electrons. The zero-order chi connectivity index (χ0) is 15.4. The van der Waals surface area contributed by atoms with Crippen LogP contribution in [0.5, 0.6) is 0 Å². The highest BCUT2D eigenvalue weighted by molar-refractivity contribution is 6.31. The van der Waals surface area contributed by atoms with Gasteiger partial charge in [0.15, 0.2) is 0 Å². The van der Waals surface area contributed by atoms with E-state index in [4.69, 9.17) is 11.6 Å². The molecule has 0 atom stereocenters. The lowest BCUT2D eigenvalue weighted by atomic mass is 10.2. The van der Waals surface area contributed by atoms with Crippen LogP contribution in [0.15, 0.2) is 48.9 Å². The van der Waals surface area contributed by atoms with Gasteiger partial charge < -0.3 is 10.6 Å². The van der Waals surface area contributed by atoms with Crippen LogP contribution in [0.25, 0.3) is 10.9 Å². The number of fused-ring (bicyclic) bond motifs is 1. The number of hydrogen-bond acceptors (Lipinski definition) is 5. The summed E-state index contributed by atoms with van der Waals surface area (Å²) in [6.45, 7) is 0.0747. The average Bonchev–Trinajstić information content (AvgIpc) is 2.53. The van der Waals surface area contributed by atoms with Gasteiger partial charge in [-0.3, -0.25) is 4.79 Å². The molecule has 0 spiro atoms. The van der Waals surface area contributed by atoms with Gasteiger partial charge >= 0.3 is 0 Å². The molecule has 1 aromatic carbocycles. The Hall–Kier alpha value is -2.73. The van der Waals surface area contributed by atoms with E-state index in [0.717, 1.165) is 10.9 Å². The first-order valence-electron chi connectivity index (χ1n) is 6.57. The number of amides is 1. The van der Waals surface area contributed by atoms with Gasteiger partial charge in [-0.1, -0.05) is 17.7 Å². The van der Waals surface area contributed by atoms with Crippen molar-refractivity contribution in [3.63, 3.8) is 0 Å². The lowest BCUT2D eigenvalue weighted by Gasteiger charge is -2.08. The Morgan fingerprint density at radius 2 is 2.05 bits per heavy atom. The van der Waals surface area contributed by atoms with E-state index in [1.807, 2.05) is 6.07 Å². The second-order valence-corrected chi connectivity index (χ2v) is 4.94. The summed E-state index contributed by atoms with van der Waals surface area (Å²) in [5, 5.41) is 7.09. The summed E-state index contributed by atoms with van der Waals surface area (Å²) >= 11 is 5.94. The van der Waals surface area contributed by atoms with Crippen LogP contribution in [0.1, 0.15) is 0 Å². The molecular formula is C15H12ClN5O. The molecule has 0 bridgehead atoms. The molecule has 0 saturated carbocycles. The number of carbonyl (C=O) groups excluding carboxylic acids is 1. The largest absolute Gasteiger partial charge is 0.360 e. The van der Waals surface area contributed by atoms with Crippen molar-refractivity contribution in [1.29, 1.82) is 0 Å². The van der Waals surface area contributed by atoms with Crippen molar-refractivity contribution < 1.29 is 4.79 Å². The standard InChI is InChI=1S/C15H12ClN5O/c16-10-4-5-11-12(7-10)19-9-20-15(11)18-8-14(22)21-13-3-1-2-6-17-13/h1-7,9H,8H2,(H,17,21,22)(H,18,19,20). The van der Waals surface area contributed by atoms with E-state index in [-0.39, 0.29) is 12.5 Å². The number of benzene rings is 1. The molecule has 6 nitrogen and oxygen atoms in total. The molecule has 1 amide bonds. The third kappa shape index (κ3) is 3.29.